The molecule has 0 atom stereocenters. The Balaban J connectivity index is 2.63. The van der Waals surface area contributed by atoms with Gasteiger partial charge in [-0.3, -0.25) is 0 Å². The van der Waals surface area contributed by atoms with Gasteiger partial charge in [-0.05, 0) is 19.1 Å². The quantitative estimate of drug-likeness (QED) is 0.813. The molecular weight excluding hydrogens is 219 g/mol. The van der Waals surface area contributed by atoms with Gasteiger partial charge in [0.1, 0.15) is 10.8 Å². The van der Waals surface area contributed by atoms with Crippen LogP contribution in [0.4, 0.5) is 10.2 Å². The van der Waals surface area contributed by atoms with E-state index in [9.17, 15) is 4.39 Å². The molecule has 5 heteroatoms. The van der Waals surface area contributed by atoms with Gasteiger partial charge in [0, 0.05) is 0 Å². The molecule has 0 saturated heterocycles. The van der Waals surface area contributed by atoms with E-state index in [-0.39, 0.29) is 22.2 Å². The van der Waals surface area contributed by atoms with E-state index in [0.717, 1.165) is 5.56 Å². The molecule has 2 N–H and O–H groups in total. The van der Waals surface area contributed by atoms with Crippen LogP contribution < -0.4 is 5.73 Å². The number of nitrogens with zero attached hydrogens (tertiary/aromatic N) is 1. The zero-order valence-electron chi connectivity index (χ0n) is 7.92. The largest absolute Gasteiger partial charge is 0.380 e. The van der Waals surface area contributed by atoms with Crippen LogP contribution >= 0.6 is 11.6 Å². The van der Waals surface area contributed by atoms with Crippen molar-refractivity contribution < 1.29 is 8.91 Å². The fourth-order valence-corrected chi connectivity index (χ4v) is 1.44. The normalized spacial score (nSPS) is 10.6. The number of hydrogen-bond donors (Lipinski definition) is 1. The number of nitrogen functional groups attached to an aromatic ring is 1. The van der Waals surface area contributed by atoms with Crippen molar-refractivity contribution in [2.24, 2.45) is 0 Å². The molecule has 0 bridgehead atoms. The number of hydrogen-bond acceptors (Lipinski definition) is 3. The van der Waals surface area contributed by atoms with Gasteiger partial charge in [-0.15, -0.1) is 0 Å². The third kappa shape index (κ3) is 1.68. The third-order valence-corrected chi connectivity index (χ3v) is 2.39. The van der Waals surface area contributed by atoms with E-state index < -0.39 is 5.82 Å². The molecule has 0 fully saturated rings. The summed E-state index contributed by atoms with van der Waals surface area (Å²) in [6.45, 7) is 1.84. The smallest absolute Gasteiger partial charge is 0.190 e. The van der Waals surface area contributed by atoms with Gasteiger partial charge in [-0.25, -0.2) is 4.39 Å². The maximum atomic E-state index is 13.5. The van der Waals surface area contributed by atoms with Crippen molar-refractivity contribution in [1.82, 2.24) is 5.16 Å². The van der Waals surface area contributed by atoms with Gasteiger partial charge >= 0.3 is 0 Å². The second kappa shape index (κ2) is 3.55. The molecule has 15 heavy (non-hydrogen) atoms. The average molecular weight is 227 g/mol. The molecule has 2 rings (SSSR count). The number of halogens is 2. The summed E-state index contributed by atoms with van der Waals surface area (Å²) in [5.74, 6) is -0.193. The number of aryl methyl sites for hydroxylation is 1. The molecule has 1 aromatic heterocycles. The third-order valence-electron chi connectivity index (χ3n) is 2.03. The standard InChI is InChI=1S/C10H8ClFN2O/c1-5-2-3-7(12)6(4-5)9-8(11)10(13)14-15-9/h2-4H,1H3,(H2,13,14). The van der Waals surface area contributed by atoms with Crippen LogP contribution in [0.3, 0.4) is 0 Å². The first kappa shape index (κ1) is 9.98. The monoisotopic (exact) mass is 226 g/mol. The summed E-state index contributed by atoms with van der Waals surface area (Å²) in [4.78, 5) is 0. The minimum absolute atomic E-state index is 0.0626. The Bertz CT molecular complexity index is 510. The number of rotatable bonds is 1. The van der Waals surface area contributed by atoms with Crippen molar-refractivity contribution in [3.05, 3.63) is 34.6 Å². The first-order valence-electron chi connectivity index (χ1n) is 4.26. The topological polar surface area (TPSA) is 52.0 Å². The van der Waals surface area contributed by atoms with Crippen molar-refractivity contribution >= 4 is 17.4 Å². The molecule has 0 unspecified atom stereocenters. The van der Waals surface area contributed by atoms with Gasteiger partial charge in [-0.2, -0.15) is 0 Å². The Labute approximate surface area is 90.6 Å². The maximum Gasteiger partial charge on any atom is 0.190 e. The number of aromatic nitrogens is 1. The predicted octanol–water partition coefficient (Wildman–Crippen LogP) is 3.02. The highest BCUT2D eigenvalue weighted by atomic mass is 35.5. The van der Waals surface area contributed by atoms with Crippen molar-refractivity contribution in [3.8, 4) is 11.3 Å². The van der Waals surface area contributed by atoms with Crippen molar-refractivity contribution in [1.29, 1.82) is 0 Å². The molecule has 0 spiro atoms. The Morgan fingerprint density at radius 2 is 2.20 bits per heavy atom. The molecule has 1 aromatic carbocycles. The molecule has 0 amide bonds. The van der Waals surface area contributed by atoms with Crippen molar-refractivity contribution in [2.45, 2.75) is 6.92 Å². The minimum Gasteiger partial charge on any atom is -0.380 e. The molecule has 0 aliphatic rings. The maximum absolute atomic E-state index is 13.5. The highest BCUT2D eigenvalue weighted by Gasteiger charge is 2.17. The van der Waals surface area contributed by atoms with E-state index in [1.165, 1.54) is 6.07 Å². The van der Waals surface area contributed by atoms with E-state index in [0.29, 0.717) is 0 Å². The predicted molar refractivity (Wildman–Crippen MR) is 56.1 cm³/mol. The van der Waals surface area contributed by atoms with Crippen LogP contribution in [0.5, 0.6) is 0 Å². The van der Waals surface area contributed by atoms with Gasteiger partial charge < -0.3 is 10.3 Å². The lowest BCUT2D eigenvalue weighted by molar-refractivity contribution is 0.433. The summed E-state index contributed by atoms with van der Waals surface area (Å²) in [6, 6.07) is 4.63. The first-order valence-corrected chi connectivity index (χ1v) is 4.64. The zero-order valence-corrected chi connectivity index (χ0v) is 8.68. The van der Waals surface area contributed by atoms with E-state index >= 15 is 0 Å². The molecule has 1 heterocycles. The van der Waals surface area contributed by atoms with Crippen LogP contribution in [0.2, 0.25) is 5.02 Å². The van der Waals surface area contributed by atoms with Gasteiger partial charge in [0.05, 0.1) is 5.56 Å². The van der Waals surface area contributed by atoms with E-state index in [4.69, 9.17) is 21.9 Å². The summed E-state index contributed by atoms with van der Waals surface area (Å²) in [7, 11) is 0. The highest BCUT2D eigenvalue weighted by molar-refractivity contribution is 6.35. The minimum atomic E-state index is -0.418. The number of anilines is 1. The molecule has 0 aliphatic carbocycles. The van der Waals surface area contributed by atoms with E-state index in [1.54, 1.807) is 12.1 Å². The number of benzene rings is 1. The van der Waals surface area contributed by atoms with Gasteiger partial charge in [0.25, 0.3) is 0 Å². The molecule has 3 nitrogen and oxygen atoms in total. The second-order valence-corrected chi connectivity index (χ2v) is 3.57. The average Bonchev–Trinajstić information content (AvgIpc) is 2.52. The van der Waals surface area contributed by atoms with Crippen molar-refractivity contribution in [3.63, 3.8) is 0 Å². The summed E-state index contributed by atoms with van der Waals surface area (Å²) in [5, 5.41) is 3.61. The Morgan fingerprint density at radius 3 is 2.80 bits per heavy atom. The van der Waals surface area contributed by atoms with Gasteiger partial charge in [0.15, 0.2) is 11.6 Å². The summed E-state index contributed by atoms with van der Waals surface area (Å²) in [5.41, 5.74) is 6.58. The molecule has 0 saturated carbocycles. The first-order chi connectivity index (χ1) is 7.09. The molecule has 2 aromatic rings. The second-order valence-electron chi connectivity index (χ2n) is 3.19. The summed E-state index contributed by atoms with van der Waals surface area (Å²) in [6.07, 6.45) is 0. The van der Waals surface area contributed by atoms with E-state index in [1.807, 2.05) is 6.92 Å². The van der Waals surface area contributed by atoms with Crippen LogP contribution in [-0.4, -0.2) is 5.16 Å². The molecular formula is C10H8ClFN2O. The van der Waals surface area contributed by atoms with Crippen LogP contribution in [0.25, 0.3) is 11.3 Å². The van der Waals surface area contributed by atoms with Gasteiger partial charge in [0.2, 0.25) is 0 Å². The molecule has 78 valence electrons. The lowest BCUT2D eigenvalue weighted by Crippen LogP contribution is -1.86. The SMILES string of the molecule is Cc1ccc(F)c(-c2onc(N)c2Cl)c1. The Kier molecular flexibility index (Phi) is 2.36. The lowest BCUT2D eigenvalue weighted by atomic mass is 10.1. The summed E-state index contributed by atoms with van der Waals surface area (Å²) < 4.78 is 18.3. The zero-order chi connectivity index (χ0) is 11.0. The summed E-state index contributed by atoms with van der Waals surface area (Å²) >= 11 is 5.82. The fraction of sp³-hybridized carbons (Fsp3) is 0.100. The fourth-order valence-electron chi connectivity index (χ4n) is 1.27. The highest BCUT2D eigenvalue weighted by Crippen LogP contribution is 2.33. The van der Waals surface area contributed by atoms with Crippen LogP contribution in [0.15, 0.2) is 22.7 Å². The van der Waals surface area contributed by atoms with Crippen molar-refractivity contribution in [2.75, 3.05) is 5.73 Å². The van der Waals surface area contributed by atoms with E-state index in [2.05, 4.69) is 5.16 Å². The van der Waals surface area contributed by atoms with Gasteiger partial charge in [-0.1, -0.05) is 28.4 Å². The van der Waals surface area contributed by atoms with Crippen LogP contribution in [-0.2, 0) is 0 Å². The number of nitrogens with two attached hydrogens (primary N) is 1. The molecule has 0 aliphatic heterocycles. The molecule has 0 radical (unpaired) electrons. The van der Waals surface area contributed by atoms with Crippen LogP contribution in [0.1, 0.15) is 5.56 Å². The Morgan fingerprint density at radius 1 is 1.47 bits per heavy atom. The van der Waals surface area contributed by atoms with Crippen LogP contribution in [0, 0.1) is 12.7 Å². The lowest BCUT2D eigenvalue weighted by Gasteiger charge is -2.00. The Hall–Kier alpha value is -1.55.